The molecule has 1 aromatic rings. The lowest BCUT2D eigenvalue weighted by Gasteiger charge is -2.11. The molecule has 108 valence electrons. The molecule has 0 bridgehead atoms. The minimum atomic E-state index is -2.95. The molecule has 0 saturated carbocycles. The highest BCUT2D eigenvalue weighted by Gasteiger charge is 2.32. The Morgan fingerprint density at radius 1 is 1.47 bits per heavy atom. The Hall–Kier alpha value is -1.02. The largest absolute Gasteiger partial charge is 0.310 e. The van der Waals surface area contributed by atoms with Crippen molar-refractivity contribution >= 4 is 9.84 Å². The standard InChI is InChI=1S/C11H21N5O2S/c1-9(2)6-12-7-11-13-14-15-16(11)8-10-4-3-5-19(10,17)18/h9-10,12H,3-8H2,1-2H3. The number of hydrogen-bond donors (Lipinski definition) is 1. The van der Waals surface area contributed by atoms with Crippen LogP contribution in [0.5, 0.6) is 0 Å². The molecule has 1 saturated heterocycles. The first kappa shape index (κ1) is 14.4. The van der Waals surface area contributed by atoms with E-state index in [4.69, 9.17) is 0 Å². The molecular weight excluding hydrogens is 266 g/mol. The lowest BCUT2D eigenvalue weighted by molar-refractivity contribution is 0.492. The van der Waals surface area contributed by atoms with Crippen LogP contribution in [0, 0.1) is 5.92 Å². The molecule has 2 rings (SSSR count). The molecule has 1 unspecified atom stereocenters. The highest BCUT2D eigenvalue weighted by Crippen LogP contribution is 2.21. The van der Waals surface area contributed by atoms with Crippen molar-refractivity contribution in [3.8, 4) is 0 Å². The van der Waals surface area contributed by atoms with Crippen LogP contribution in [-0.2, 0) is 22.9 Å². The van der Waals surface area contributed by atoms with Crippen molar-refractivity contribution in [2.75, 3.05) is 12.3 Å². The van der Waals surface area contributed by atoms with Gasteiger partial charge in [0.1, 0.15) is 0 Å². The second kappa shape index (κ2) is 5.96. The van der Waals surface area contributed by atoms with Gasteiger partial charge in [0.25, 0.3) is 0 Å². The van der Waals surface area contributed by atoms with E-state index in [0.29, 0.717) is 37.0 Å². The zero-order valence-electron chi connectivity index (χ0n) is 11.4. The molecule has 1 aliphatic heterocycles. The smallest absolute Gasteiger partial charge is 0.165 e. The third-order valence-electron chi connectivity index (χ3n) is 3.28. The first-order chi connectivity index (χ1) is 8.99. The quantitative estimate of drug-likeness (QED) is 0.792. The predicted molar refractivity (Wildman–Crippen MR) is 71.2 cm³/mol. The fraction of sp³-hybridized carbons (Fsp3) is 0.909. The van der Waals surface area contributed by atoms with Crippen LogP contribution in [0.1, 0.15) is 32.5 Å². The van der Waals surface area contributed by atoms with E-state index in [9.17, 15) is 8.42 Å². The van der Waals surface area contributed by atoms with Crippen LogP contribution in [-0.4, -0.2) is 46.2 Å². The summed E-state index contributed by atoms with van der Waals surface area (Å²) in [6, 6.07) is 0. The summed E-state index contributed by atoms with van der Waals surface area (Å²) in [5.74, 6) is 1.54. The minimum Gasteiger partial charge on any atom is -0.310 e. The SMILES string of the molecule is CC(C)CNCc1nnnn1CC1CCCS1(=O)=O. The van der Waals surface area contributed by atoms with Gasteiger partial charge in [-0.05, 0) is 35.7 Å². The molecule has 1 fully saturated rings. The Labute approximate surface area is 113 Å². The number of aromatic nitrogens is 4. The van der Waals surface area contributed by atoms with E-state index in [1.165, 1.54) is 0 Å². The lowest BCUT2D eigenvalue weighted by Crippen LogP contribution is -2.26. The van der Waals surface area contributed by atoms with Crippen molar-refractivity contribution in [2.45, 2.75) is 45.0 Å². The summed E-state index contributed by atoms with van der Waals surface area (Å²) in [4.78, 5) is 0. The maximum atomic E-state index is 11.8. The van der Waals surface area contributed by atoms with E-state index >= 15 is 0 Å². The van der Waals surface area contributed by atoms with E-state index in [0.717, 1.165) is 13.0 Å². The Balaban J connectivity index is 1.96. The van der Waals surface area contributed by atoms with Crippen LogP contribution in [0.25, 0.3) is 0 Å². The van der Waals surface area contributed by atoms with E-state index in [1.807, 2.05) is 0 Å². The molecule has 1 aromatic heterocycles. The molecule has 8 heteroatoms. The van der Waals surface area contributed by atoms with Crippen LogP contribution in [0.3, 0.4) is 0 Å². The van der Waals surface area contributed by atoms with Crippen LogP contribution >= 0.6 is 0 Å². The summed E-state index contributed by atoms with van der Waals surface area (Å²) in [6.45, 7) is 6.07. The van der Waals surface area contributed by atoms with E-state index in [-0.39, 0.29) is 5.25 Å². The second-order valence-electron chi connectivity index (χ2n) is 5.43. The highest BCUT2D eigenvalue weighted by molar-refractivity contribution is 7.92. The lowest BCUT2D eigenvalue weighted by atomic mass is 10.2. The Kier molecular flexibility index (Phi) is 4.51. The van der Waals surface area contributed by atoms with E-state index in [1.54, 1.807) is 4.68 Å². The van der Waals surface area contributed by atoms with Crippen molar-refractivity contribution < 1.29 is 8.42 Å². The van der Waals surface area contributed by atoms with Gasteiger partial charge in [-0.1, -0.05) is 13.8 Å². The van der Waals surface area contributed by atoms with Crippen LogP contribution < -0.4 is 5.32 Å². The molecule has 1 N–H and O–H groups in total. The van der Waals surface area contributed by atoms with Crippen molar-refractivity contribution in [3.63, 3.8) is 0 Å². The molecule has 19 heavy (non-hydrogen) atoms. The first-order valence-corrected chi connectivity index (χ1v) is 8.38. The number of sulfone groups is 1. The number of hydrogen-bond acceptors (Lipinski definition) is 6. The maximum Gasteiger partial charge on any atom is 0.165 e. The Morgan fingerprint density at radius 3 is 2.89 bits per heavy atom. The van der Waals surface area contributed by atoms with E-state index < -0.39 is 9.84 Å². The Bertz CT molecular complexity index is 511. The molecule has 7 nitrogen and oxygen atoms in total. The average Bonchev–Trinajstić information content (AvgIpc) is 2.87. The molecule has 0 spiro atoms. The van der Waals surface area contributed by atoms with Crippen molar-refractivity contribution in [2.24, 2.45) is 5.92 Å². The third-order valence-corrected chi connectivity index (χ3v) is 5.54. The minimum absolute atomic E-state index is 0.292. The predicted octanol–water partition coefficient (Wildman–Crippen LogP) is -0.00410. The van der Waals surface area contributed by atoms with Gasteiger partial charge in [-0.15, -0.1) is 5.10 Å². The normalized spacial score (nSPS) is 22.2. The fourth-order valence-electron chi connectivity index (χ4n) is 2.22. The molecule has 0 radical (unpaired) electrons. The van der Waals surface area contributed by atoms with Gasteiger partial charge in [0, 0.05) is 0 Å². The van der Waals surface area contributed by atoms with E-state index in [2.05, 4.69) is 34.7 Å². The number of nitrogens with zero attached hydrogens (tertiary/aromatic N) is 4. The molecule has 1 aliphatic rings. The monoisotopic (exact) mass is 287 g/mol. The van der Waals surface area contributed by atoms with Gasteiger partial charge in [0.2, 0.25) is 0 Å². The van der Waals surface area contributed by atoms with Crippen LogP contribution in [0.15, 0.2) is 0 Å². The average molecular weight is 287 g/mol. The van der Waals surface area contributed by atoms with Gasteiger partial charge in [-0.2, -0.15) is 0 Å². The molecule has 0 aliphatic carbocycles. The van der Waals surface area contributed by atoms with Gasteiger partial charge in [0.15, 0.2) is 15.7 Å². The van der Waals surface area contributed by atoms with Gasteiger partial charge in [-0.25, -0.2) is 13.1 Å². The van der Waals surface area contributed by atoms with Gasteiger partial charge in [0.05, 0.1) is 24.1 Å². The van der Waals surface area contributed by atoms with Gasteiger partial charge in [-0.3, -0.25) is 0 Å². The molecule has 2 heterocycles. The fourth-order valence-corrected chi connectivity index (χ4v) is 4.02. The highest BCUT2D eigenvalue weighted by atomic mass is 32.2. The number of nitrogens with one attached hydrogen (secondary N) is 1. The molecule has 1 atom stereocenters. The summed E-state index contributed by atoms with van der Waals surface area (Å²) in [5.41, 5.74) is 0. The Morgan fingerprint density at radius 2 is 2.26 bits per heavy atom. The summed E-state index contributed by atoms with van der Waals surface area (Å²) >= 11 is 0. The molecule has 0 amide bonds. The molecular formula is C11H21N5O2S. The van der Waals surface area contributed by atoms with Gasteiger partial charge >= 0.3 is 0 Å². The summed E-state index contributed by atoms with van der Waals surface area (Å²) in [5, 5.41) is 14.4. The first-order valence-electron chi connectivity index (χ1n) is 6.66. The van der Waals surface area contributed by atoms with Crippen LogP contribution in [0.4, 0.5) is 0 Å². The van der Waals surface area contributed by atoms with Crippen molar-refractivity contribution in [3.05, 3.63) is 5.82 Å². The second-order valence-corrected chi connectivity index (χ2v) is 7.83. The summed E-state index contributed by atoms with van der Waals surface area (Å²) < 4.78 is 25.2. The third kappa shape index (κ3) is 3.73. The summed E-state index contributed by atoms with van der Waals surface area (Å²) in [6.07, 6.45) is 1.46. The van der Waals surface area contributed by atoms with Crippen LogP contribution in [0.2, 0.25) is 0 Å². The zero-order chi connectivity index (χ0) is 13.9. The maximum absolute atomic E-state index is 11.8. The van der Waals surface area contributed by atoms with Gasteiger partial charge < -0.3 is 5.32 Å². The molecule has 0 aromatic carbocycles. The van der Waals surface area contributed by atoms with Crippen molar-refractivity contribution in [1.29, 1.82) is 0 Å². The zero-order valence-corrected chi connectivity index (χ0v) is 12.2. The number of rotatable bonds is 6. The topological polar surface area (TPSA) is 89.8 Å². The summed E-state index contributed by atoms with van der Waals surface area (Å²) in [7, 11) is -2.95. The van der Waals surface area contributed by atoms with Crippen molar-refractivity contribution in [1.82, 2.24) is 25.5 Å². The number of tetrazole rings is 1.